The lowest BCUT2D eigenvalue weighted by Crippen LogP contribution is -2.45. The van der Waals surface area contributed by atoms with E-state index in [0.717, 1.165) is 0 Å². The van der Waals surface area contributed by atoms with Gasteiger partial charge in [0.05, 0.1) is 0 Å². The van der Waals surface area contributed by atoms with Crippen LogP contribution in [0, 0.1) is 11.8 Å². The molecule has 1 aliphatic carbocycles. The third-order valence-corrected chi connectivity index (χ3v) is 4.04. The number of fused-ring (bicyclic) bond motifs is 1. The second kappa shape index (κ2) is 4.98. The molecule has 0 aromatic heterocycles. The van der Waals surface area contributed by atoms with E-state index < -0.39 is 0 Å². The first kappa shape index (κ1) is 11.6. The fourth-order valence-corrected chi connectivity index (χ4v) is 2.87. The van der Waals surface area contributed by atoms with Crippen LogP contribution in [0.1, 0.15) is 31.4 Å². The topological polar surface area (TPSA) is 38.0 Å². The number of rotatable bonds is 4. The summed E-state index contributed by atoms with van der Waals surface area (Å²) in [5.74, 6) is 7.02. The monoisotopic (exact) mass is 218 g/mol. The molecule has 2 rings (SSSR count). The Balaban J connectivity index is 2.09. The highest BCUT2D eigenvalue weighted by atomic mass is 15.2. The second-order valence-corrected chi connectivity index (χ2v) is 5.02. The molecule has 2 unspecified atom stereocenters. The molecule has 0 fully saturated rings. The van der Waals surface area contributed by atoms with E-state index >= 15 is 0 Å². The van der Waals surface area contributed by atoms with Gasteiger partial charge >= 0.3 is 0 Å². The van der Waals surface area contributed by atoms with Crippen LogP contribution < -0.4 is 11.3 Å². The maximum Gasteiger partial charge on any atom is 0.0270 e. The molecule has 0 spiro atoms. The molecule has 2 heteroatoms. The van der Waals surface area contributed by atoms with Crippen molar-refractivity contribution in [2.45, 2.75) is 39.2 Å². The van der Waals surface area contributed by atoms with Crippen LogP contribution in [-0.4, -0.2) is 6.04 Å². The minimum Gasteiger partial charge on any atom is -0.271 e. The zero-order chi connectivity index (χ0) is 11.5. The summed E-state index contributed by atoms with van der Waals surface area (Å²) in [6.45, 7) is 4.52. The van der Waals surface area contributed by atoms with Crippen molar-refractivity contribution in [1.29, 1.82) is 0 Å². The molecule has 0 heterocycles. The van der Waals surface area contributed by atoms with Gasteiger partial charge in [-0.1, -0.05) is 44.5 Å². The van der Waals surface area contributed by atoms with Crippen LogP contribution in [0.25, 0.3) is 0 Å². The SMILES string of the molecule is CCC(C)C(NN)C1Cc2ccccc2C1. The zero-order valence-corrected chi connectivity index (χ0v) is 10.2. The number of hydrazine groups is 1. The standard InChI is InChI=1S/C14H22N2/c1-3-10(2)14(16-15)13-8-11-6-4-5-7-12(11)9-13/h4-7,10,13-14,16H,3,8-9,15H2,1-2H3. The van der Waals surface area contributed by atoms with E-state index in [2.05, 4.69) is 43.5 Å². The van der Waals surface area contributed by atoms with Crippen LogP contribution in [0.3, 0.4) is 0 Å². The quantitative estimate of drug-likeness (QED) is 0.601. The Bertz CT molecular complexity index is 323. The van der Waals surface area contributed by atoms with E-state index in [-0.39, 0.29) is 0 Å². The summed E-state index contributed by atoms with van der Waals surface area (Å²) in [5.41, 5.74) is 6.05. The predicted octanol–water partition coefficient (Wildman–Crippen LogP) is 2.28. The minimum absolute atomic E-state index is 0.442. The van der Waals surface area contributed by atoms with Crippen LogP contribution >= 0.6 is 0 Å². The van der Waals surface area contributed by atoms with Gasteiger partial charge in [-0.15, -0.1) is 0 Å². The van der Waals surface area contributed by atoms with Crippen LogP contribution in [-0.2, 0) is 12.8 Å². The zero-order valence-electron chi connectivity index (χ0n) is 10.2. The van der Waals surface area contributed by atoms with Gasteiger partial charge in [0, 0.05) is 6.04 Å². The molecule has 0 saturated carbocycles. The van der Waals surface area contributed by atoms with Crippen molar-refractivity contribution in [2.24, 2.45) is 17.7 Å². The summed E-state index contributed by atoms with van der Waals surface area (Å²) in [6, 6.07) is 9.21. The predicted molar refractivity (Wildman–Crippen MR) is 67.9 cm³/mol. The van der Waals surface area contributed by atoms with Gasteiger partial charge in [-0.2, -0.15) is 0 Å². The average Bonchev–Trinajstić information content (AvgIpc) is 2.72. The minimum atomic E-state index is 0.442. The van der Waals surface area contributed by atoms with Crippen LogP contribution in [0.5, 0.6) is 0 Å². The van der Waals surface area contributed by atoms with Gasteiger partial charge < -0.3 is 0 Å². The Hall–Kier alpha value is -0.860. The number of nitrogens with one attached hydrogen (secondary N) is 1. The number of hydrogen-bond donors (Lipinski definition) is 2. The van der Waals surface area contributed by atoms with Gasteiger partial charge in [0.1, 0.15) is 0 Å². The van der Waals surface area contributed by atoms with Crippen molar-refractivity contribution in [2.75, 3.05) is 0 Å². The van der Waals surface area contributed by atoms with Crippen LogP contribution in [0.2, 0.25) is 0 Å². The van der Waals surface area contributed by atoms with Crippen molar-refractivity contribution < 1.29 is 0 Å². The van der Waals surface area contributed by atoms with Crippen molar-refractivity contribution in [3.63, 3.8) is 0 Å². The third-order valence-electron chi connectivity index (χ3n) is 4.04. The highest BCUT2D eigenvalue weighted by Gasteiger charge is 2.30. The number of benzene rings is 1. The molecule has 0 aliphatic heterocycles. The van der Waals surface area contributed by atoms with Crippen LogP contribution in [0.15, 0.2) is 24.3 Å². The van der Waals surface area contributed by atoms with E-state index in [1.807, 2.05) is 0 Å². The molecule has 0 saturated heterocycles. The molecule has 2 atom stereocenters. The fourth-order valence-electron chi connectivity index (χ4n) is 2.87. The summed E-state index contributed by atoms with van der Waals surface area (Å²) in [5, 5.41) is 0. The third kappa shape index (κ3) is 2.13. The van der Waals surface area contributed by atoms with E-state index in [1.54, 1.807) is 0 Å². The van der Waals surface area contributed by atoms with Gasteiger partial charge in [-0.25, -0.2) is 0 Å². The molecular weight excluding hydrogens is 196 g/mol. The van der Waals surface area contributed by atoms with E-state index in [0.29, 0.717) is 17.9 Å². The van der Waals surface area contributed by atoms with Crippen molar-refractivity contribution in [3.05, 3.63) is 35.4 Å². The van der Waals surface area contributed by atoms with Gasteiger partial charge in [-0.3, -0.25) is 11.3 Å². The van der Waals surface area contributed by atoms with E-state index in [4.69, 9.17) is 5.84 Å². The summed E-state index contributed by atoms with van der Waals surface area (Å²) in [4.78, 5) is 0. The lowest BCUT2D eigenvalue weighted by molar-refractivity contribution is 0.272. The first-order chi connectivity index (χ1) is 7.76. The van der Waals surface area contributed by atoms with Gasteiger partial charge in [0.15, 0.2) is 0 Å². The molecule has 88 valence electrons. The molecule has 1 aromatic rings. The summed E-state index contributed by atoms with van der Waals surface area (Å²) in [6.07, 6.45) is 3.53. The van der Waals surface area contributed by atoms with Gasteiger partial charge in [0.2, 0.25) is 0 Å². The number of hydrogen-bond acceptors (Lipinski definition) is 2. The van der Waals surface area contributed by atoms with Crippen molar-refractivity contribution in [3.8, 4) is 0 Å². The molecule has 1 aliphatic rings. The van der Waals surface area contributed by atoms with Crippen molar-refractivity contribution in [1.82, 2.24) is 5.43 Å². The average molecular weight is 218 g/mol. The van der Waals surface area contributed by atoms with Gasteiger partial charge in [0.25, 0.3) is 0 Å². The maximum absolute atomic E-state index is 5.71. The Labute approximate surface area is 98.2 Å². The highest BCUT2D eigenvalue weighted by Crippen LogP contribution is 2.31. The Morgan fingerprint density at radius 2 is 1.88 bits per heavy atom. The summed E-state index contributed by atoms with van der Waals surface area (Å²) < 4.78 is 0. The summed E-state index contributed by atoms with van der Waals surface area (Å²) in [7, 11) is 0. The molecule has 1 aromatic carbocycles. The Morgan fingerprint density at radius 3 is 2.31 bits per heavy atom. The first-order valence-corrected chi connectivity index (χ1v) is 6.29. The van der Waals surface area contributed by atoms with E-state index in [1.165, 1.54) is 30.4 Å². The molecule has 2 nitrogen and oxygen atoms in total. The second-order valence-electron chi connectivity index (χ2n) is 5.02. The molecule has 0 bridgehead atoms. The highest BCUT2D eigenvalue weighted by molar-refractivity contribution is 5.32. The maximum atomic E-state index is 5.71. The molecule has 0 radical (unpaired) electrons. The summed E-state index contributed by atoms with van der Waals surface area (Å²) >= 11 is 0. The van der Waals surface area contributed by atoms with Gasteiger partial charge in [-0.05, 0) is 35.8 Å². The van der Waals surface area contributed by atoms with Crippen LogP contribution in [0.4, 0.5) is 0 Å². The lowest BCUT2D eigenvalue weighted by Gasteiger charge is -2.27. The van der Waals surface area contributed by atoms with Crippen molar-refractivity contribution >= 4 is 0 Å². The Kier molecular flexibility index (Phi) is 3.62. The van der Waals surface area contributed by atoms with E-state index in [9.17, 15) is 0 Å². The molecular formula is C14H22N2. The number of nitrogens with two attached hydrogens (primary N) is 1. The molecule has 0 amide bonds. The molecule has 16 heavy (non-hydrogen) atoms. The largest absolute Gasteiger partial charge is 0.271 e. The fraction of sp³-hybridized carbons (Fsp3) is 0.571. The smallest absolute Gasteiger partial charge is 0.0270 e. The Morgan fingerprint density at radius 1 is 1.31 bits per heavy atom. The normalized spacial score (nSPS) is 19.4. The lowest BCUT2D eigenvalue weighted by atomic mass is 9.86. The first-order valence-electron chi connectivity index (χ1n) is 6.29. The molecule has 3 N–H and O–H groups in total.